The summed E-state index contributed by atoms with van der Waals surface area (Å²) in [5.41, 5.74) is 6.91. The Kier molecular flexibility index (Phi) is 5.51. The van der Waals surface area contributed by atoms with Gasteiger partial charge >= 0.3 is 0 Å². The molecule has 0 aliphatic carbocycles. The molecule has 0 bridgehead atoms. The van der Waals surface area contributed by atoms with Crippen molar-refractivity contribution in [3.63, 3.8) is 0 Å². The summed E-state index contributed by atoms with van der Waals surface area (Å²) >= 11 is 1.47. The second-order valence-corrected chi connectivity index (χ2v) is 7.52. The second kappa shape index (κ2) is 8.55. The van der Waals surface area contributed by atoms with Crippen molar-refractivity contribution in [2.24, 2.45) is 0 Å². The number of hydrogen-bond acceptors (Lipinski definition) is 4. The van der Waals surface area contributed by atoms with Crippen LogP contribution in [0.2, 0.25) is 0 Å². The van der Waals surface area contributed by atoms with Crippen LogP contribution in [0, 0.1) is 18.3 Å². The average Bonchev–Trinajstić information content (AvgIpc) is 3.25. The molecule has 4 aromatic rings. The van der Waals surface area contributed by atoms with Crippen LogP contribution in [0.3, 0.4) is 0 Å². The summed E-state index contributed by atoms with van der Waals surface area (Å²) in [6.45, 7) is 2.04. The van der Waals surface area contributed by atoms with Gasteiger partial charge in [-0.25, -0.2) is 4.98 Å². The normalized spacial score (nSPS) is 11.1. The number of nitrogens with one attached hydrogen (secondary N) is 1. The van der Waals surface area contributed by atoms with Crippen LogP contribution in [-0.4, -0.2) is 4.98 Å². The molecule has 140 valence electrons. The molecule has 0 saturated carbocycles. The third kappa shape index (κ3) is 4.43. The van der Waals surface area contributed by atoms with Gasteiger partial charge in [-0.1, -0.05) is 66.7 Å². The van der Waals surface area contributed by atoms with Gasteiger partial charge in [-0.15, -0.1) is 11.3 Å². The van der Waals surface area contributed by atoms with Crippen molar-refractivity contribution in [1.29, 1.82) is 5.26 Å². The first-order valence-electron chi connectivity index (χ1n) is 9.28. The molecule has 4 heteroatoms. The molecule has 1 aromatic heterocycles. The monoisotopic (exact) mass is 393 g/mol. The first-order valence-corrected chi connectivity index (χ1v) is 10.2. The van der Waals surface area contributed by atoms with E-state index in [9.17, 15) is 5.26 Å². The molecule has 4 rings (SSSR count). The summed E-state index contributed by atoms with van der Waals surface area (Å²) in [6.07, 6.45) is 1.72. The van der Waals surface area contributed by atoms with Crippen molar-refractivity contribution in [3.8, 4) is 28.5 Å². The van der Waals surface area contributed by atoms with E-state index in [1.54, 1.807) is 6.20 Å². The van der Waals surface area contributed by atoms with Gasteiger partial charge in [-0.3, -0.25) is 0 Å². The summed E-state index contributed by atoms with van der Waals surface area (Å²) in [6, 6.07) is 28.9. The predicted molar refractivity (Wildman–Crippen MR) is 121 cm³/mol. The molecule has 3 aromatic carbocycles. The van der Waals surface area contributed by atoms with Crippen LogP contribution in [0.25, 0.3) is 28.0 Å². The number of aromatic nitrogens is 1. The standard InChI is InChI=1S/C25H19N3S/c1-18-6-5-9-23(14-18)27-16-22(15-26)25-28-24(17-29-25)21-12-10-20(11-13-21)19-7-3-2-4-8-19/h2-14,16-17,27H,1H3. The fourth-order valence-electron chi connectivity index (χ4n) is 3.03. The van der Waals surface area contributed by atoms with Crippen molar-refractivity contribution < 1.29 is 0 Å². The zero-order chi connectivity index (χ0) is 20.1. The number of nitrogens with zero attached hydrogens (tertiary/aromatic N) is 2. The highest BCUT2D eigenvalue weighted by Crippen LogP contribution is 2.28. The van der Waals surface area contributed by atoms with E-state index in [0.29, 0.717) is 10.6 Å². The summed E-state index contributed by atoms with van der Waals surface area (Å²) < 4.78 is 0. The van der Waals surface area contributed by atoms with Gasteiger partial charge in [0.25, 0.3) is 0 Å². The molecule has 0 fully saturated rings. The predicted octanol–water partition coefficient (Wildman–Crippen LogP) is 6.76. The van der Waals surface area contributed by atoms with E-state index in [-0.39, 0.29) is 0 Å². The molecule has 0 radical (unpaired) electrons. The highest BCUT2D eigenvalue weighted by molar-refractivity contribution is 7.11. The van der Waals surface area contributed by atoms with Crippen molar-refractivity contribution in [2.75, 3.05) is 5.32 Å². The molecule has 0 unspecified atom stereocenters. The van der Waals surface area contributed by atoms with Gasteiger partial charge < -0.3 is 5.32 Å². The van der Waals surface area contributed by atoms with Crippen LogP contribution in [0.4, 0.5) is 5.69 Å². The largest absolute Gasteiger partial charge is 0.360 e. The first kappa shape index (κ1) is 18.7. The molecular formula is C25H19N3S. The number of hydrogen-bond donors (Lipinski definition) is 1. The summed E-state index contributed by atoms with van der Waals surface area (Å²) in [5, 5.41) is 15.4. The zero-order valence-corrected chi connectivity index (χ0v) is 16.8. The van der Waals surface area contributed by atoms with E-state index in [1.165, 1.54) is 22.5 Å². The lowest BCUT2D eigenvalue weighted by molar-refractivity contribution is 1.36. The van der Waals surface area contributed by atoms with Crippen LogP contribution in [-0.2, 0) is 0 Å². The molecule has 3 nitrogen and oxygen atoms in total. The van der Waals surface area contributed by atoms with E-state index in [0.717, 1.165) is 22.5 Å². The van der Waals surface area contributed by atoms with E-state index >= 15 is 0 Å². The van der Waals surface area contributed by atoms with Crippen molar-refractivity contribution >= 4 is 22.6 Å². The maximum atomic E-state index is 9.56. The third-order valence-electron chi connectivity index (χ3n) is 4.54. The van der Waals surface area contributed by atoms with Gasteiger partial charge in [0.15, 0.2) is 0 Å². The Bertz CT molecular complexity index is 1180. The first-order chi connectivity index (χ1) is 14.2. The molecule has 0 atom stereocenters. The van der Waals surface area contributed by atoms with Crippen molar-refractivity contribution in [2.45, 2.75) is 6.92 Å². The van der Waals surface area contributed by atoms with Crippen molar-refractivity contribution in [3.05, 3.63) is 101 Å². The topological polar surface area (TPSA) is 48.7 Å². The Balaban J connectivity index is 1.54. The molecule has 0 aliphatic heterocycles. The minimum atomic E-state index is 0.517. The summed E-state index contributed by atoms with van der Waals surface area (Å²) in [4.78, 5) is 4.67. The minimum absolute atomic E-state index is 0.517. The number of aryl methyl sites for hydroxylation is 1. The number of allylic oxidation sites excluding steroid dienone is 1. The molecule has 0 spiro atoms. The van der Waals surface area contributed by atoms with E-state index < -0.39 is 0 Å². The highest BCUT2D eigenvalue weighted by atomic mass is 32.1. The van der Waals surface area contributed by atoms with Crippen LogP contribution in [0.15, 0.2) is 90.4 Å². The number of nitriles is 1. The van der Waals surface area contributed by atoms with Gasteiger partial charge in [0.05, 0.1) is 5.69 Å². The molecule has 0 saturated heterocycles. The van der Waals surface area contributed by atoms with Crippen LogP contribution in [0.5, 0.6) is 0 Å². The van der Waals surface area contributed by atoms with E-state index in [1.807, 2.05) is 54.8 Å². The zero-order valence-electron chi connectivity index (χ0n) is 16.0. The molecule has 1 N–H and O–H groups in total. The Labute approximate surface area is 174 Å². The van der Waals surface area contributed by atoms with Crippen LogP contribution < -0.4 is 5.32 Å². The van der Waals surface area contributed by atoms with Gasteiger partial charge in [0.2, 0.25) is 0 Å². The van der Waals surface area contributed by atoms with Crippen LogP contribution in [0.1, 0.15) is 10.6 Å². The SMILES string of the molecule is Cc1cccc(NC=C(C#N)c2nc(-c3ccc(-c4ccccc4)cc3)cs2)c1. The molecule has 1 heterocycles. The lowest BCUT2D eigenvalue weighted by atomic mass is 10.0. The Morgan fingerprint density at radius 3 is 2.38 bits per heavy atom. The van der Waals surface area contributed by atoms with Crippen LogP contribution >= 0.6 is 11.3 Å². The quantitative estimate of drug-likeness (QED) is 0.381. The average molecular weight is 394 g/mol. The van der Waals surface area contributed by atoms with E-state index in [4.69, 9.17) is 0 Å². The highest BCUT2D eigenvalue weighted by Gasteiger charge is 2.09. The minimum Gasteiger partial charge on any atom is -0.360 e. The molecule has 29 heavy (non-hydrogen) atoms. The van der Waals surface area contributed by atoms with E-state index in [2.05, 4.69) is 52.8 Å². The third-order valence-corrected chi connectivity index (χ3v) is 5.42. The van der Waals surface area contributed by atoms with Gasteiger partial charge in [-0.05, 0) is 35.7 Å². The maximum absolute atomic E-state index is 9.56. The maximum Gasteiger partial charge on any atom is 0.136 e. The van der Waals surface area contributed by atoms with Crippen molar-refractivity contribution in [1.82, 2.24) is 4.98 Å². The summed E-state index contributed by atoms with van der Waals surface area (Å²) in [5.74, 6) is 0. The number of thiazole rings is 1. The smallest absolute Gasteiger partial charge is 0.136 e. The van der Waals surface area contributed by atoms with Gasteiger partial charge in [-0.2, -0.15) is 5.26 Å². The summed E-state index contributed by atoms with van der Waals surface area (Å²) in [7, 11) is 0. The molecular weight excluding hydrogens is 374 g/mol. The fourth-order valence-corrected chi connectivity index (χ4v) is 3.82. The fraction of sp³-hybridized carbons (Fsp3) is 0.0400. The second-order valence-electron chi connectivity index (χ2n) is 6.66. The number of anilines is 1. The Morgan fingerprint density at radius 1 is 0.931 bits per heavy atom. The Hall–Kier alpha value is -3.68. The lowest BCUT2D eigenvalue weighted by Crippen LogP contribution is -1.91. The molecule has 0 aliphatic rings. The molecule has 0 amide bonds. The lowest BCUT2D eigenvalue weighted by Gasteiger charge is -2.03. The van der Waals surface area contributed by atoms with Gasteiger partial charge in [0, 0.05) is 22.8 Å². The number of benzene rings is 3. The van der Waals surface area contributed by atoms with Gasteiger partial charge in [0.1, 0.15) is 16.6 Å². The number of rotatable bonds is 5. The Morgan fingerprint density at radius 2 is 1.66 bits per heavy atom.